The van der Waals surface area contributed by atoms with Crippen molar-refractivity contribution in [2.24, 2.45) is 5.92 Å². The number of rotatable bonds is 4. The maximum atomic E-state index is 12.3. The molecular formula is C16H21BrN4O. The summed E-state index contributed by atoms with van der Waals surface area (Å²) in [4.78, 5) is 22.1. The fraction of sp³-hybridized carbons (Fsp3) is 0.500. The van der Waals surface area contributed by atoms with Gasteiger partial charge in [-0.2, -0.15) is 0 Å². The van der Waals surface area contributed by atoms with Crippen molar-refractivity contribution in [1.29, 1.82) is 0 Å². The summed E-state index contributed by atoms with van der Waals surface area (Å²) >= 11 is 3.40. The van der Waals surface area contributed by atoms with Crippen LogP contribution in [-0.4, -0.2) is 47.0 Å². The molecule has 1 saturated heterocycles. The average molecular weight is 365 g/mol. The number of piperidine rings is 1. The number of hydrogen-bond donors (Lipinski definition) is 2. The highest BCUT2D eigenvalue weighted by Gasteiger charge is 2.17. The number of fused-ring (bicyclic) bond motifs is 1. The van der Waals surface area contributed by atoms with Gasteiger partial charge in [-0.15, -0.1) is 0 Å². The number of aromatic nitrogens is 2. The molecule has 3 heterocycles. The zero-order valence-electron chi connectivity index (χ0n) is 12.7. The van der Waals surface area contributed by atoms with Crippen molar-refractivity contribution in [2.45, 2.75) is 19.8 Å². The Kier molecular flexibility index (Phi) is 4.78. The van der Waals surface area contributed by atoms with Gasteiger partial charge in [0, 0.05) is 41.9 Å². The third-order valence-corrected chi connectivity index (χ3v) is 4.63. The van der Waals surface area contributed by atoms with E-state index in [0.29, 0.717) is 12.1 Å². The summed E-state index contributed by atoms with van der Waals surface area (Å²) in [5.41, 5.74) is 1.38. The first-order valence-corrected chi connectivity index (χ1v) is 8.56. The highest BCUT2D eigenvalue weighted by Crippen LogP contribution is 2.20. The molecule has 0 unspecified atom stereocenters. The van der Waals surface area contributed by atoms with E-state index in [-0.39, 0.29) is 5.91 Å². The Bertz CT molecular complexity index is 669. The lowest BCUT2D eigenvalue weighted by molar-refractivity contribution is 0.0945. The van der Waals surface area contributed by atoms with Crippen LogP contribution < -0.4 is 5.32 Å². The van der Waals surface area contributed by atoms with Crippen molar-refractivity contribution >= 4 is 32.9 Å². The van der Waals surface area contributed by atoms with Crippen molar-refractivity contribution in [3.8, 4) is 0 Å². The second-order valence-corrected chi connectivity index (χ2v) is 6.97. The zero-order chi connectivity index (χ0) is 15.5. The molecule has 0 saturated carbocycles. The summed E-state index contributed by atoms with van der Waals surface area (Å²) in [7, 11) is 0. The predicted molar refractivity (Wildman–Crippen MR) is 91.0 cm³/mol. The van der Waals surface area contributed by atoms with Crippen LogP contribution >= 0.6 is 15.9 Å². The first-order valence-electron chi connectivity index (χ1n) is 7.76. The van der Waals surface area contributed by atoms with Crippen molar-refractivity contribution in [3.63, 3.8) is 0 Å². The summed E-state index contributed by atoms with van der Waals surface area (Å²) in [6.45, 7) is 6.17. The van der Waals surface area contributed by atoms with Crippen LogP contribution in [0, 0.1) is 5.92 Å². The van der Waals surface area contributed by atoms with E-state index in [1.165, 1.54) is 12.8 Å². The second-order valence-electron chi connectivity index (χ2n) is 6.06. The van der Waals surface area contributed by atoms with Crippen molar-refractivity contribution in [1.82, 2.24) is 20.2 Å². The Balaban J connectivity index is 1.58. The van der Waals surface area contributed by atoms with E-state index in [0.717, 1.165) is 41.1 Å². The number of aromatic amines is 1. The topological polar surface area (TPSA) is 61.0 Å². The number of H-pyrrole nitrogens is 1. The molecule has 1 fully saturated rings. The third kappa shape index (κ3) is 3.50. The Morgan fingerprint density at radius 2 is 2.45 bits per heavy atom. The molecule has 0 aliphatic carbocycles. The van der Waals surface area contributed by atoms with Crippen LogP contribution in [0.4, 0.5) is 0 Å². The smallest absolute Gasteiger partial charge is 0.253 e. The minimum atomic E-state index is -0.0452. The summed E-state index contributed by atoms with van der Waals surface area (Å²) in [5, 5.41) is 3.86. The van der Waals surface area contributed by atoms with Gasteiger partial charge in [-0.3, -0.25) is 4.79 Å². The molecule has 3 rings (SSSR count). The van der Waals surface area contributed by atoms with Crippen LogP contribution in [0.15, 0.2) is 22.9 Å². The lowest BCUT2D eigenvalue weighted by Crippen LogP contribution is -2.40. The van der Waals surface area contributed by atoms with E-state index >= 15 is 0 Å². The van der Waals surface area contributed by atoms with Gasteiger partial charge in [0.15, 0.2) is 0 Å². The van der Waals surface area contributed by atoms with Crippen LogP contribution in [0.3, 0.4) is 0 Å². The molecule has 22 heavy (non-hydrogen) atoms. The molecule has 5 nitrogen and oxygen atoms in total. The lowest BCUT2D eigenvalue weighted by atomic mass is 10.0. The van der Waals surface area contributed by atoms with E-state index < -0.39 is 0 Å². The van der Waals surface area contributed by atoms with Crippen molar-refractivity contribution in [2.75, 3.05) is 26.2 Å². The van der Waals surface area contributed by atoms with Gasteiger partial charge in [-0.1, -0.05) is 6.92 Å². The van der Waals surface area contributed by atoms with Gasteiger partial charge in [-0.25, -0.2) is 4.98 Å². The van der Waals surface area contributed by atoms with Gasteiger partial charge >= 0.3 is 0 Å². The molecule has 1 aliphatic heterocycles. The molecular weight excluding hydrogens is 344 g/mol. The standard InChI is InChI=1S/C16H21BrN4O/c1-11-3-2-5-21(10-11)6-4-18-16(22)14-9-20-15-13(14)7-12(17)8-19-15/h7-9,11H,2-6,10H2,1H3,(H,18,22)(H,19,20)/t11-/m0/s1. The minimum absolute atomic E-state index is 0.0452. The molecule has 0 bridgehead atoms. The molecule has 2 aromatic rings. The van der Waals surface area contributed by atoms with Crippen molar-refractivity contribution < 1.29 is 4.79 Å². The normalized spacial score (nSPS) is 19.5. The van der Waals surface area contributed by atoms with Crippen LogP contribution in [0.25, 0.3) is 11.0 Å². The van der Waals surface area contributed by atoms with E-state index in [1.54, 1.807) is 12.4 Å². The van der Waals surface area contributed by atoms with Gasteiger partial charge in [0.05, 0.1) is 5.56 Å². The van der Waals surface area contributed by atoms with Gasteiger partial charge in [0.25, 0.3) is 5.91 Å². The molecule has 1 aliphatic rings. The Hall–Kier alpha value is -1.40. The first kappa shape index (κ1) is 15.5. The quantitative estimate of drug-likeness (QED) is 0.876. The highest BCUT2D eigenvalue weighted by atomic mass is 79.9. The molecule has 0 radical (unpaired) electrons. The van der Waals surface area contributed by atoms with Gasteiger partial charge in [0.1, 0.15) is 5.65 Å². The fourth-order valence-corrected chi connectivity index (χ4v) is 3.41. The van der Waals surface area contributed by atoms with E-state index in [4.69, 9.17) is 0 Å². The molecule has 118 valence electrons. The van der Waals surface area contributed by atoms with Crippen LogP contribution in [-0.2, 0) is 0 Å². The molecule has 2 aromatic heterocycles. The summed E-state index contributed by atoms with van der Waals surface area (Å²) < 4.78 is 0.871. The largest absolute Gasteiger partial charge is 0.351 e. The number of likely N-dealkylation sites (tertiary alicyclic amines) is 1. The molecule has 1 atom stereocenters. The SMILES string of the molecule is C[C@H]1CCCN(CCNC(=O)c2c[nH]c3ncc(Br)cc23)C1. The Morgan fingerprint density at radius 3 is 3.27 bits per heavy atom. The number of amides is 1. The molecule has 1 amide bonds. The maximum absolute atomic E-state index is 12.3. The zero-order valence-corrected chi connectivity index (χ0v) is 14.3. The van der Waals surface area contributed by atoms with Gasteiger partial charge in [0.2, 0.25) is 0 Å². The van der Waals surface area contributed by atoms with Crippen LogP contribution in [0.2, 0.25) is 0 Å². The minimum Gasteiger partial charge on any atom is -0.351 e. The number of nitrogens with one attached hydrogen (secondary N) is 2. The number of halogens is 1. The summed E-state index contributed by atoms with van der Waals surface area (Å²) in [5.74, 6) is 0.720. The number of pyridine rings is 1. The van der Waals surface area contributed by atoms with Crippen molar-refractivity contribution in [3.05, 3.63) is 28.5 Å². The number of nitrogens with zero attached hydrogens (tertiary/aromatic N) is 2. The fourth-order valence-electron chi connectivity index (χ4n) is 3.08. The van der Waals surface area contributed by atoms with Gasteiger partial charge in [-0.05, 0) is 47.3 Å². The van der Waals surface area contributed by atoms with Crippen LogP contribution in [0.1, 0.15) is 30.1 Å². The maximum Gasteiger partial charge on any atom is 0.253 e. The number of hydrogen-bond acceptors (Lipinski definition) is 3. The monoisotopic (exact) mass is 364 g/mol. The molecule has 2 N–H and O–H groups in total. The Labute approximate surface area is 138 Å². The molecule has 6 heteroatoms. The van der Waals surface area contributed by atoms with Crippen LogP contribution in [0.5, 0.6) is 0 Å². The summed E-state index contributed by atoms with van der Waals surface area (Å²) in [6, 6.07) is 1.92. The number of carbonyl (C=O) groups is 1. The molecule has 0 aromatic carbocycles. The number of carbonyl (C=O) groups excluding carboxylic acids is 1. The highest BCUT2D eigenvalue weighted by molar-refractivity contribution is 9.10. The summed E-state index contributed by atoms with van der Waals surface area (Å²) in [6.07, 6.45) is 6.03. The van der Waals surface area contributed by atoms with E-state index in [1.807, 2.05) is 6.07 Å². The Morgan fingerprint density at radius 1 is 1.59 bits per heavy atom. The third-order valence-electron chi connectivity index (χ3n) is 4.20. The first-order chi connectivity index (χ1) is 10.6. The predicted octanol–water partition coefficient (Wildman–Crippen LogP) is 2.79. The lowest BCUT2D eigenvalue weighted by Gasteiger charge is -2.30. The molecule has 0 spiro atoms. The second kappa shape index (κ2) is 6.79. The average Bonchev–Trinajstić information content (AvgIpc) is 2.90. The van der Waals surface area contributed by atoms with Gasteiger partial charge < -0.3 is 15.2 Å². The van der Waals surface area contributed by atoms with E-state index in [9.17, 15) is 4.79 Å². The van der Waals surface area contributed by atoms with E-state index in [2.05, 4.69) is 43.0 Å².